The number of hydrogen-bond donors (Lipinski definition) is 1. The van der Waals surface area contributed by atoms with E-state index in [1.165, 1.54) is 16.3 Å². The molecule has 0 amide bonds. The number of thiazole rings is 1. The van der Waals surface area contributed by atoms with E-state index >= 15 is 0 Å². The summed E-state index contributed by atoms with van der Waals surface area (Å²) in [7, 11) is 0. The van der Waals surface area contributed by atoms with E-state index in [1.807, 2.05) is 23.3 Å². The Kier molecular flexibility index (Phi) is 4.91. The summed E-state index contributed by atoms with van der Waals surface area (Å²) in [4.78, 5) is 4.36. The number of nitrogens with zero attached hydrogens (tertiary/aromatic N) is 1. The maximum absolute atomic E-state index is 4.36. The van der Waals surface area contributed by atoms with Crippen LogP contribution in [0.4, 0.5) is 0 Å². The zero-order chi connectivity index (χ0) is 14.5. The van der Waals surface area contributed by atoms with Crippen molar-refractivity contribution in [2.45, 2.75) is 17.3 Å². The first kappa shape index (κ1) is 14.6. The highest BCUT2D eigenvalue weighted by Crippen LogP contribution is 2.30. The monoisotopic (exact) mass is 314 g/mol. The fourth-order valence-electron chi connectivity index (χ4n) is 2.50. The van der Waals surface area contributed by atoms with Crippen LogP contribution in [0.5, 0.6) is 0 Å². The molecule has 21 heavy (non-hydrogen) atoms. The molecule has 0 aliphatic heterocycles. The third-order valence-electron chi connectivity index (χ3n) is 3.43. The third kappa shape index (κ3) is 3.46. The topological polar surface area (TPSA) is 24.9 Å². The molecule has 1 atom stereocenters. The Labute approximate surface area is 133 Å². The number of fused-ring (bicyclic) bond motifs is 1. The van der Waals surface area contributed by atoms with Crippen LogP contribution in [0, 0.1) is 0 Å². The van der Waals surface area contributed by atoms with Gasteiger partial charge in [-0.1, -0.05) is 61.2 Å². The number of benzene rings is 2. The minimum absolute atomic E-state index is 0.343. The molecular weight excluding hydrogens is 296 g/mol. The Morgan fingerprint density at radius 2 is 2.05 bits per heavy atom. The van der Waals surface area contributed by atoms with Crippen molar-refractivity contribution >= 4 is 33.9 Å². The van der Waals surface area contributed by atoms with Crippen molar-refractivity contribution in [2.24, 2.45) is 0 Å². The second-order valence-corrected chi connectivity index (χ2v) is 6.95. The summed E-state index contributed by atoms with van der Waals surface area (Å²) < 4.78 is 1.14. The van der Waals surface area contributed by atoms with Crippen LogP contribution in [-0.4, -0.2) is 17.3 Å². The molecule has 0 saturated carbocycles. The molecular formula is C17H18N2S2. The molecule has 0 saturated heterocycles. The summed E-state index contributed by atoms with van der Waals surface area (Å²) in [5.74, 6) is 0.995. The van der Waals surface area contributed by atoms with Crippen LogP contribution in [0.15, 0.2) is 58.4 Å². The smallest absolute Gasteiger partial charge is 0.149 e. The maximum atomic E-state index is 4.36. The largest absolute Gasteiger partial charge is 0.309 e. The molecule has 108 valence electrons. The second kappa shape index (κ2) is 7.07. The van der Waals surface area contributed by atoms with E-state index in [2.05, 4.69) is 59.7 Å². The summed E-state index contributed by atoms with van der Waals surface area (Å²) in [6, 6.07) is 15.5. The number of nitrogens with one attached hydrogen (secondary N) is 1. The van der Waals surface area contributed by atoms with E-state index in [0.29, 0.717) is 6.04 Å². The molecule has 0 aliphatic carbocycles. The molecule has 0 fully saturated rings. The van der Waals surface area contributed by atoms with Gasteiger partial charge in [-0.15, -0.1) is 11.3 Å². The Morgan fingerprint density at radius 1 is 1.19 bits per heavy atom. The second-order valence-electron chi connectivity index (χ2n) is 4.79. The lowest BCUT2D eigenvalue weighted by Crippen LogP contribution is -2.23. The van der Waals surface area contributed by atoms with Gasteiger partial charge in [-0.25, -0.2) is 4.98 Å². The van der Waals surface area contributed by atoms with Gasteiger partial charge in [0, 0.05) is 23.4 Å². The van der Waals surface area contributed by atoms with Crippen molar-refractivity contribution in [1.82, 2.24) is 10.3 Å². The summed E-state index contributed by atoms with van der Waals surface area (Å²) in [6.45, 7) is 3.12. The lowest BCUT2D eigenvalue weighted by Gasteiger charge is -2.19. The Balaban J connectivity index is 1.88. The fraction of sp³-hybridized carbons (Fsp3) is 0.235. The molecule has 1 aromatic heterocycles. The molecule has 1 N–H and O–H groups in total. The van der Waals surface area contributed by atoms with Crippen LogP contribution in [0.3, 0.4) is 0 Å². The third-order valence-corrected chi connectivity index (χ3v) is 5.49. The first-order chi connectivity index (χ1) is 10.4. The van der Waals surface area contributed by atoms with Gasteiger partial charge >= 0.3 is 0 Å². The molecule has 2 aromatic carbocycles. The van der Waals surface area contributed by atoms with Gasteiger partial charge in [0.05, 0.1) is 0 Å². The highest BCUT2D eigenvalue weighted by atomic mass is 32.2. The molecule has 0 bridgehead atoms. The fourth-order valence-corrected chi connectivity index (χ4v) is 4.24. The van der Waals surface area contributed by atoms with Crippen molar-refractivity contribution in [1.29, 1.82) is 0 Å². The Bertz CT molecular complexity index is 690. The van der Waals surface area contributed by atoms with E-state index < -0.39 is 0 Å². The number of rotatable bonds is 6. The predicted octanol–water partition coefficient (Wildman–Crippen LogP) is 4.74. The van der Waals surface area contributed by atoms with Crippen LogP contribution in [0.1, 0.15) is 18.5 Å². The van der Waals surface area contributed by atoms with E-state index in [0.717, 1.165) is 16.6 Å². The van der Waals surface area contributed by atoms with Crippen LogP contribution in [0.2, 0.25) is 0 Å². The van der Waals surface area contributed by atoms with Crippen LogP contribution >= 0.6 is 23.1 Å². The van der Waals surface area contributed by atoms with Crippen molar-refractivity contribution < 1.29 is 0 Å². The predicted molar refractivity (Wildman–Crippen MR) is 93.2 cm³/mol. The van der Waals surface area contributed by atoms with Crippen molar-refractivity contribution in [3.05, 3.63) is 59.6 Å². The zero-order valence-electron chi connectivity index (χ0n) is 12.0. The summed E-state index contributed by atoms with van der Waals surface area (Å²) in [5.41, 5.74) is 1.37. The highest BCUT2D eigenvalue weighted by molar-refractivity contribution is 8.01. The van der Waals surface area contributed by atoms with Gasteiger partial charge in [0.15, 0.2) is 0 Å². The SMILES string of the molecule is CCNC(CSc1nccs1)c1cccc2ccccc12. The summed E-state index contributed by atoms with van der Waals surface area (Å²) in [5, 5.41) is 8.28. The van der Waals surface area contributed by atoms with Crippen LogP contribution < -0.4 is 5.32 Å². The molecule has 0 aliphatic rings. The van der Waals surface area contributed by atoms with Crippen LogP contribution in [-0.2, 0) is 0 Å². The summed E-state index contributed by atoms with van der Waals surface area (Å²) in [6.07, 6.45) is 1.87. The van der Waals surface area contributed by atoms with E-state index in [9.17, 15) is 0 Å². The van der Waals surface area contributed by atoms with E-state index in [-0.39, 0.29) is 0 Å². The molecule has 0 spiro atoms. The molecule has 4 heteroatoms. The molecule has 3 aromatic rings. The van der Waals surface area contributed by atoms with Gasteiger partial charge < -0.3 is 5.32 Å². The van der Waals surface area contributed by atoms with Crippen LogP contribution in [0.25, 0.3) is 10.8 Å². The molecule has 2 nitrogen and oxygen atoms in total. The lowest BCUT2D eigenvalue weighted by atomic mass is 9.99. The van der Waals surface area contributed by atoms with E-state index in [1.54, 1.807) is 11.3 Å². The maximum Gasteiger partial charge on any atom is 0.149 e. The molecule has 1 unspecified atom stereocenters. The minimum atomic E-state index is 0.343. The normalized spacial score (nSPS) is 12.6. The number of hydrogen-bond acceptors (Lipinski definition) is 4. The van der Waals surface area contributed by atoms with E-state index in [4.69, 9.17) is 0 Å². The number of thioether (sulfide) groups is 1. The average Bonchev–Trinajstić information content (AvgIpc) is 3.04. The lowest BCUT2D eigenvalue weighted by molar-refractivity contribution is 0.610. The van der Waals surface area contributed by atoms with Gasteiger partial charge in [0.2, 0.25) is 0 Å². The zero-order valence-corrected chi connectivity index (χ0v) is 13.6. The average molecular weight is 314 g/mol. The van der Waals surface area contributed by atoms with Gasteiger partial charge in [-0.05, 0) is 22.9 Å². The van der Waals surface area contributed by atoms with Crippen molar-refractivity contribution in [3.8, 4) is 0 Å². The molecule has 3 rings (SSSR count). The molecule has 0 radical (unpaired) electrons. The van der Waals surface area contributed by atoms with Crippen molar-refractivity contribution in [2.75, 3.05) is 12.3 Å². The first-order valence-electron chi connectivity index (χ1n) is 7.12. The standard InChI is InChI=1S/C17H18N2S2/c1-2-18-16(12-21-17-19-10-11-20-17)15-9-5-7-13-6-3-4-8-14(13)15/h3-11,16,18H,2,12H2,1H3. The van der Waals surface area contributed by atoms with Gasteiger partial charge in [0.25, 0.3) is 0 Å². The quantitative estimate of drug-likeness (QED) is 0.665. The van der Waals surface area contributed by atoms with Gasteiger partial charge in [-0.2, -0.15) is 0 Å². The molecule has 1 heterocycles. The highest BCUT2D eigenvalue weighted by Gasteiger charge is 2.14. The van der Waals surface area contributed by atoms with Gasteiger partial charge in [0.1, 0.15) is 4.34 Å². The van der Waals surface area contributed by atoms with Gasteiger partial charge in [-0.3, -0.25) is 0 Å². The van der Waals surface area contributed by atoms with Crippen molar-refractivity contribution in [3.63, 3.8) is 0 Å². The number of aromatic nitrogens is 1. The Hall–Kier alpha value is -1.36. The minimum Gasteiger partial charge on any atom is -0.309 e. The summed E-state index contributed by atoms with van der Waals surface area (Å²) >= 11 is 3.53. The Morgan fingerprint density at radius 3 is 2.86 bits per heavy atom. The first-order valence-corrected chi connectivity index (χ1v) is 8.98.